The van der Waals surface area contributed by atoms with Crippen LogP contribution in [0.25, 0.3) is 0 Å². The van der Waals surface area contributed by atoms with Crippen molar-refractivity contribution in [1.82, 2.24) is 9.88 Å². The van der Waals surface area contributed by atoms with E-state index >= 15 is 0 Å². The number of esters is 1. The van der Waals surface area contributed by atoms with Crippen LogP contribution in [0.15, 0.2) is 27.9 Å². The van der Waals surface area contributed by atoms with Gasteiger partial charge < -0.3 is 14.4 Å². The van der Waals surface area contributed by atoms with Crippen LogP contribution in [0, 0.1) is 0 Å². The van der Waals surface area contributed by atoms with Gasteiger partial charge >= 0.3 is 5.97 Å². The number of hydrogen-bond acceptors (Lipinski definition) is 7. The van der Waals surface area contributed by atoms with E-state index < -0.39 is 5.97 Å². The monoisotopic (exact) mass is 474 g/mol. The molecule has 6 nitrogen and oxygen atoms in total. The Kier molecular flexibility index (Phi) is 8.06. The van der Waals surface area contributed by atoms with Crippen LogP contribution in [0.2, 0.25) is 10.0 Å². The number of carbonyl (C=O) groups is 2. The molecule has 0 bridgehead atoms. The summed E-state index contributed by atoms with van der Waals surface area (Å²) in [5.41, 5.74) is 0.322. The molecule has 0 aliphatic carbocycles. The predicted molar refractivity (Wildman–Crippen MR) is 115 cm³/mol. The molecule has 2 aromatic rings. The second kappa shape index (κ2) is 10.5. The van der Waals surface area contributed by atoms with Gasteiger partial charge in [-0.15, -0.1) is 11.3 Å². The van der Waals surface area contributed by atoms with Crippen LogP contribution in [0.1, 0.15) is 30.3 Å². The van der Waals surface area contributed by atoms with E-state index in [0.29, 0.717) is 53.4 Å². The molecule has 0 spiro atoms. The molecule has 0 radical (unpaired) electrons. The molecule has 0 N–H and O–H groups in total. The number of carbonyl (C=O) groups excluding carboxylic acids is 2. The molecule has 1 aliphatic rings. The molecule has 2 heterocycles. The van der Waals surface area contributed by atoms with Gasteiger partial charge in [0.2, 0.25) is 5.91 Å². The van der Waals surface area contributed by atoms with Crippen LogP contribution in [-0.4, -0.2) is 53.3 Å². The Bertz CT molecular complexity index is 857. The minimum absolute atomic E-state index is 0.00671. The van der Waals surface area contributed by atoms with E-state index in [0.717, 1.165) is 10.8 Å². The number of halogens is 2. The Morgan fingerprint density at radius 2 is 2.10 bits per heavy atom. The van der Waals surface area contributed by atoms with Crippen molar-refractivity contribution in [2.45, 2.75) is 30.1 Å². The number of likely N-dealkylation sites (tertiary alicyclic amines) is 1. The average Bonchev–Trinajstić information content (AvgIpc) is 3.27. The van der Waals surface area contributed by atoms with Crippen LogP contribution in [-0.2, 0) is 9.53 Å². The van der Waals surface area contributed by atoms with E-state index in [1.165, 1.54) is 23.1 Å². The van der Waals surface area contributed by atoms with Crippen molar-refractivity contribution in [2.24, 2.45) is 0 Å². The number of amides is 1. The number of thioether (sulfide) groups is 1. The van der Waals surface area contributed by atoms with Crippen molar-refractivity contribution in [1.29, 1.82) is 0 Å². The quantitative estimate of drug-likeness (QED) is 0.384. The van der Waals surface area contributed by atoms with Crippen molar-refractivity contribution in [3.05, 3.63) is 39.3 Å². The molecule has 156 valence electrons. The fourth-order valence-electron chi connectivity index (χ4n) is 2.93. The SMILES string of the molecule is CCOC(=O)c1csc(SCCN2C(=O)CC[C@@H]2COc2cc(Cl)cc(Cl)c2)n1. The maximum absolute atomic E-state index is 12.3. The largest absolute Gasteiger partial charge is 0.491 e. The van der Waals surface area contributed by atoms with E-state index in [1.54, 1.807) is 30.5 Å². The van der Waals surface area contributed by atoms with Gasteiger partial charge in [-0.3, -0.25) is 4.79 Å². The Morgan fingerprint density at radius 3 is 2.83 bits per heavy atom. The van der Waals surface area contributed by atoms with Gasteiger partial charge in [0, 0.05) is 34.1 Å². The molecule has 1 saturated heterocycles. The lowest BCUT2D eigenvalue weighted by molar-refractivity contribution is -0.129. The van der Waals surface area contributed by atoms with Gasteiger partial charge in [-0.1, -0.05) is 35.0 Å². The molecule has 1 aromatic heterocycles. The molecule has 1 aromatic carbocycles. The van der Waals surface area contributed by atoms with Crippen LogP contribution in [0.3, 0.4) is 0 Å². The minimum atomic E-state index is -0.413. The standard InChI is InChI=1S/C19H20Cl2N2O4S2/c1-2-26-18(25)16-11-29-19(22-16)28-6-5-23-14(3-4-17(23)24)10-27-15-8-12(20)7-13(21)9-15/h7-9,11,14H,2-6,10H2,1H3/t14-/m1/s1. The van der Waals surface area contributed by atoms with E-state index in [2.05, 4.69) is 4.98 Å². The Balaban J connectivity index is 1.50. The normalized spacial score (nSPS) is 16.3. The lowest BCUT2D eigenvalue weighted by atomic mass is 10.2. The van der Waals surface area contributed by atoms with Crippen LogP contribution >= 0.6 is 46.3 Å². The first-order valence-electron chi connectivity index (χ1n) is 9.10. The first kappa shape index (κ1) is 22.2. The third kappa shape index (κ3) is 6.25. The fraction of sp³-hybridized carbons (Fsp3) is 0.421. The van der Waals surface area contributed by atoms with Crippen molar-refractivity contribution >= 4 is 58.2 Å². The summed E-state index contributed by atoms with van der Waals surface area (Å²) in [6.45, 7) is 3.05. The Morgan fingerprint density at radius 1 is 1.34 bits per heavy atom. The van der Waals surface area contributed by atoms with Crippen molar-refractivity contribution in [3.8, 4) is 5.75 Å². The molecule has 29 heavy (non-hydrogen) atoms. The van der Waals surface area contributed by atoms with E-state index in [1.807, 2.05) is 4.90 Å². The topological polar surface area (TPSA) is 68.7 Å². The first-order chi connectivity index (χ1) is 14.0. The van der Waals surface area contributed by atoms with Crippen molar-refractivity contribution < 1.29 is 19.1 Å². The third-order valence-corrected chi connectivity index (χ3v) is 6.69. The Hall–Kier alpha value is -1.48. The number of benzene rings is 1. The molecule has 0 unspecified atom stereocenters. The van der Waals surface area contributed by atoms with Gasteiger partial charge in [0.1, 0.15) is 12.4 Å². The maximum atomic E-state index is 12.3. The van der Waals surface area contributed by atoms with Gasteiger partial charge in [0.05, 0.1) is 12.6 Å². The number of nitrogens with zero attached hydrogens (tertiary/aromatic N) is 2. The summed E-state index contributed by atoms with van der Waals surface area (Å²) in [5.74, 6) is 0.977. The highest BCUT2D eigenvalue weighted by Crippen LogP contribution is 2.27. The van der Waals surface area contributed by atoms with Crippen LogP contribution in [0.5, 0.6) is 5.75 Å². The lowest BCUT2D eigenvalue weighted by Gasteiger charge is -2.24. The molecule has 0 saturated carbocycles. The Labute approximate surface area is 187 Å². The fourth-order valence-corrected chi connectivity index (χ4v) is 5.24. The second-order valence-corrected chi connectivity index (χ2v) is 9.34. The summed E-state index contributed by atoms with van der Waals surface area (Å²) in [5, 5.41) is 2.71. The summed E-state index contributed by atoms with van der Waals surface area (Å²) >= 11 is 14.9. The highest BCUT2D eigenvalue weighted by atomic mass is 35.5. The van der Waals surface area contributed by atoms with Crippen LogP contribution < -0.4 is 4.74 Å². The summed E-state index contributed by atoms with van der Waals surface area (Å²) in [7, 11) is 0. The number of ether oxygens (including phenoxy) is 2. The zero-order chi connectivity index (χ0) is 20.8. The summed E-state index contributed by atoms with van der Waals surface area (Å²) in [6.07, 6.45) is 1.27. The molecule has 10 heteroatoms. The van der Waals surface area contributed by atoms with Gasteiger partial charge in [-0.25, -0.2) is 9.78 Å². The number of thiazole rings is 1. The van der Waals surface area contributed by atoms with Crippen molar-refractivity contribution in [2.75, 3.05) is 25.5 Å². The van der Waals surface area contributed by atoms with Crippen LogP contribution in [0.4, 0.5) is 0 Å². The summed E-state index contributed by atoms with van der Waals surface area (Å²) < 4.78 is 11.5. The summed E-state index contributed by atoms with van der Waals surface area (Å²) in [4.78, 5) is 30.1. The van der Waals surface area contributed by atoms with E-state index in [4.69, 9.17) is 32.7 Å². The van der Waals surface area contributed by atoms with Gasteiger partial charge in [-0.05, 0) is 31.5 Å². The highest BCUT2D eigenvalue weighted by molar-refractivity contribution is 8.01. The van der Waals surface area contributed by atoms with Gasteiger partial charge in [0.25, 0.3) is 0 Å². The predicted octanol–water partition coefficient (Wildman–Crippen LogP) is 4.79. The number of aromatic nitrogens is 1. The molecule has 1 fully saturated rings. The summed E-state index contributed by atoms with van der Waals surface area (Å²) in [6, 6.07) is 5.05. The average molecular weight is 475 g/mol. The van der Waals surface area contributed by atoms with E-state index in [-0.39, 0.29) is 11.9 Å². The third-order valence-electron chi connectivity index (χ3n) is 4.26. The molecule has 1 atom stereocenters. The highest BCUT2D eigenvalue weighted by Gasteiger charge is 2.31. The molecular formula is C19H20Cl2N2O4S2. The van der Waals surface area contributed by atoms with Gasteiger partial charge in [-0.2, -0.15) is 0 Å². The molecular weight excluding hydrogens is 455 g/mol. The second-order valence-electron chi connectivity index (χ2n) is 6.26. The number of rotatable bonds is 9. The zero-order valence-corrected chi connectivity index (χ0v) is 18.9. The first-order valence-corrected chi connectivity index (χ1v) is 11.7. The smallest absolute Gasteiger partial charge is 0.357 e. The zero-order valence-electron chi connectivity index (χ0n) is 15.7. The lowest BCUT2D eigenvalue weighted by Crippen LogP contribution is -2.38. The number of hydrogen-bond donors (Lipinski definition) is 0. The minimum Gasteiger partial charge on any atom is -0.491 e. The van der Waals surface area contributed by atoms with Gasteiger partial charge in [0.15, 0.2) is 10.0 Å². The molecule has 1 amide bonds. The molecule has 1 aliphatic heterocycles. The molecule has 3 rings (SSSR count). The maximum Gasteiger partial charge on any atom is 0.357 e. The van der Waals surface area contributed by atoms with Crippen molar-refractivity contribution in [3.63, 3.8) is 0 Å². The van der Waals surface area contributed by atoms with E-state index in [9.17, 15) is 9.59 Å².